The molecule has 4 fully saturated rings. The Balaban J connectivity index is 0.909. The largest absolute Gasteiger partial charge is 0.381 e. The van der Waals surface area contributed by atoms with Crippen LogP contribution >= 0.6 is 0 Å². The van der Waals surface area contributed by atoms with Crippen LogP contribution < -0.4 is 30.0 Å². The maximum atomic E-state index is 15.0. The van der Waals surface area contributed by atoms with E-state index in [2.05, 4.69) is 96.3 Å². The van der Waals surface area contributed by atoms with E-state index in [0.717, 1.165) is 96.4 Å². The molecule has 6 heterocycles. The second-order valence-electron chi connectivity index (χ2n) is 19.7. The van der Waals surface area contributed by atoms with Crippen LogP contribution in [-0.4, -0.2) is 92.2 Å². The Labute approximate surface area is 389 Å². The summed E-state index contributed by atoms with van der Waals surface area (Å²) in [4.78, 5) is 55.2. The standard InChI is InChI=1S/C52H66N8O6/c1-33(2)48-32-64-25-24-57(48)40-14-20-44-46(27-40)58(28-37-8-6-22-53-49(37)55-44)51(61)36-12-18-42(19-13-36)66-60-45-21-15-39(56-30-43(31-56)65-34(3)4)26-47(45)59(29-38-9-7-23-54-50(38)60)52(62)35-10-16-41(63-5)17-11-35/h6-9,14-15,20-23,26-27,33-36,41-43,48H,10-13,16-19,24-25,28-32H2,1-5H3,(H,53,55)/t35-,36-,41-,42-,48?. The van der Waals surface area contributed by atoms with Crippen LogP contribution in [-0.2, 0) is 41.7 Å². The number of nitrogens with zero attached hydrogens (tertiary/aromatic N) is 7. The van der Waals surface area contributed by atoms with Crippen LogP contribution in [0.25, 0.3) is 0 Å². The maximum Gasteiger partial charge on any atom is 0.230 e. The Kier molecular flexibility index (Phi) is 12.9. The van der Waals surface area contributed by atoms with Gasteiger partial charge in [0, 0.05) is 73.5 Å². The number of methoxy groups -OCH3 is 1. The first-order valence-electron chi connectivity index (χ1n) is 24.4. The van der Waals surface area contributed by atoms with Crippen molar-refractivity contribution in [2.24, 2.45) is 17.8 Å². The molecule has 1 N–H and O–H groups in total. The lowest BCUT2D eigenvalue weighted by molar-refractivity contribution is -0.125. The van der Waals surface area contributed by atoms with Crippen LogP contribution in [0.3, 0.4) is 0 Å². The quantitative estimate of drug-likeness (QED) is 0.164. The number of carbonyl (C=O) groups is 2. The molecule has 6 aliphatic rings. The molecule has 14 nitrogen and oxygen atoms in total. The minimum atomic E-state index is -0.183. The van der Waals surface area contributed by atoms with Gasteiger partial charge in [-0.15, -0.1) is 0 Å². The fraction of sp³-hybridized carbons (Fsp3) is 0.538. The lowest BCUT2D eigenvalue weighted by atomic mass is 9.86. The van der Waals surface area contributed by atoms with Crippen molar-refractivity contribution in [2.45, 2.75) is 123 Å². The van der Waals surface area contributed by atoms with E-state index in [-0.39, 0.29) is 54.1 Å². The molecular weight excluding hydrogens is 833 g/mol. The summed E-state index contributed by atoms with van der Waals surface area (Å²) in [6.45, 7) is 13.2. The van der Waals surface area contributed by atoms with Gasteiger partial charge in [-0.1, -0.05) is 26.0 Å². The first kappa shape index (κ1) is 44.6. The molecule has 1 unspecified atom stereocenters. The first-order chi connectivity index (χ1) is 32.1. The number of anilines is 8. The second-order valence-corrected chi connectivity index (χ2v) is 19.7. The summed E-state index contributed by atoms with van der Waals surface area (Å²) in [7, 11) is 1.77. The number of pyridine rings is 2. The van der Waals surface area contributed by atoms with Crippen molar-refractivity contribution in [1.29, 1.82) is 0 Å². The molecule has 2 saturated heterocycles. The number of rotatable bonds is 10. The van der Waals surface area contributed by atoms with Crippen molar-refractivity contribution in [2.75, 3.05) is 69.9 Å². The lowest BCUT2D eigenvalue weighted by Gasteiger charge is -2.42. The Hall–Kier alpha value is -5.28. The zero-order chi connectivity index (χ0) is 45.5. The third-order valence-corrected chi connectivity index (χ3v) is 14.7. The van der Waals surface area contributed by atoms with E-state index in [1.807, 2.05) is 27.0 Å². The normalized spacial score (nSPS) is 24.4. The summed E-state index contributed by atoms with van der Waals surface area (Å²) in [6.07, 6.45) is 10.0. The van der Waals surface area contributed by atoms with Crippen LogP contribution in [0.2, 0.25) is 0 Å². The number of hydrogen-bond donors (Lipinski definition) is 1. The number of benzene rings is 2. The van der Waals surface area contributed by atoms with Crippen molar-refractivity contribution < 1.29 is 28.6 Å². The third kappa shape index (κ3) is 8.97. The number of ether oxygens (including phenoxy) is 3. The summed E-state index contributed by atoms with van der Waals surface area (Å²) in [6, 6.07) is 21.1. The van der Waals surface area contributed by atoms with Gasteiger partial charge in [-0.2, -0.15) is 0 Å². The van der Waals surface area contributed by atoms with Crippen molar-refractivity contribution in [3.05, 3.63) is 84.2 Å². The predicted octanol–water partition coefficient (Wildman–Crippen LogP) is 8.92. The van der Waals surface area contributed by atoms with Crippen molar-refractivity contribution in [1.82, 2.24) is 9.97 Å². The van der Waals surface area contributed by atoms with E-state index in [1.165, 1.54) is 0 Å². The smallest absolute Gasteiger partial charge is 0.230 e. The summed E-state index contributed by atoms with van der Waals surface area (Å²) < 4.78 is 17.7. The molecule has 14 heteroatoms. The number of carbonyl (C=O) groups excluding carboxylic acids is 2. The Morgan fingerprint density at radius 2 is 1.38 bits per heavy atom. The van der Waals surface area contributed by atoms with E-state index < -0.39 is 0 Å². The third-order valence-electron chi connectivity index (χ3n) is 14.7. The zero-order valence-corrected chi connectivity index (χ0v) is 39.2. The highest BCUT2D eigenvalue weighted by Gasteiger charge is 2.40. The first-order valence-corrected chi connectivity index (χ1v) is 24.4. The molecule has 2 aromatic carbocycles. The highest BCUT2D eigenvalue weighted by Crippen LogP contribution is 2.46. The Morgan fingerprint density at radius 3 is 2.09 bits per heavy atom. The maximum absolute atomic E-state index is 15.0. The lowest BCUT2D eigenvalue weighted by Crippen LogP contribution is -2.53. The number of amides is 2. The van der Waals surface area contributed by atoms with Crippen molar-refractivity contribution in [3.8, 4) is 0 Å². The summed E-state index contributed by atoms with van der Waals surface area (Å²) in [5.74, 6) is 1.84. The Bertz CT molecular complexity index is 2370. The molecule has 4 aliphatic heterocycles. The van der Waals surface area contributed by atoms with E-state index >= 15 is 0 Å². The van der Waals surface area contributed by atoms with Gasteiger partial charge in [-0.25, -0.2) is 15.0 Å². The van der Waals surface area contributed by atoms with Crippen LogP contribution in [0.1, 0.15) is 90.2 Å². The van der Waals surface area contributed by atoms with Crippen LogP contribution in [0, 0.1) is 17.8 Å². The van der Waals surface area contributed by atoms with E-state index in [9.17, 15) is 9.59 Å². The van der Waals surface area contributed by atoms with Gasteiger partial charge >= 0.3 is 0 Å². The number of hydrogen-bond acceptors (Lipinski definition) is 12. The summed E-state index contributed by atoms with van der Waals surface area (Å²) in [5.41, 5.74) is 7.41. The number of morpholine rings is 1. The molecule has 2 amide bonds. The van der Waals surface area contributed by atoms with Gasteiger partial charge in [-0.05, 0) is 120 Å². The number of nitrogens with one attached hydrogen (secondary N) is 1. The average Bonchev–Trinajstić information content (AvgIpc) is 3.58. The second kappa shape index (κ2) is 19.1. The predicted molar refractivity (Wildman–Crippen MR) is 258 cm³/mol. The van der Waals surface area contributed by atoms with Crippen LogP contribution in [0.4, 0.5) is 45.8 Å². The zero-order valence-electron chi connectivity index (χ0n) is 39.2. The number of fused-ring (bicyclic) bond motifs is 4. The molecule has 2 aromatic heterocycles. The minimum absolute atomic E-state index is 0.0965. The van der Waals surface area contributed by atoms with E-state index in [0.29, 0.717) is 63.7 Å². The fourth-order valence-corrected chi connectivity index (χ4v) is 11.0. The molecule has 350 valence electrons. The van der Waals surface area contributed by atoms with Gasteiger partial charge in [0.15, 0.2) is 5.82 Å². The molecule has 0 spiro atoms. The summed E-state index contributed by atoms with van der Waals surface area (Å²) >= 11 is 0. The van der Waals surface area contributed by atoms with E-state index in [1.54, 1.807) is 19.5 Å². The molecule has 66 heavy (non-hydrogen) atoms. The SMILES string of the molecule is CO[C@H]1CC[C@H](C(=O)N2Cc3cccnc3N(O[C@H]3CC[C@H](C(=O)N4Cc5cccnc5Nc5ccc(N6CCOCC6C(C)C)cc54)CC3)c3ccc(N4CC(OC(C)C)C4)cc32)CC1. The highest BCUT2D eigenvalue weighted by molar-refractivity contribution is 6.01. The molecule has 4 aromatic rings. The molecule has 1 atom stereocenters. The molecule has 0 bridgehead atoms. The van der Waals surface area contributed by atoms with Gasteiger partial charge in [0.25, 0.3) is 0 Å². The van der Waals surface area contributed by atoms with Gasteiger partial charge in [-0.3, -0.25) is 14.4 Å². The molecular formula is C52H66N8O6. The molecule has 0 radical (unpaired) electrons. The summed E-state index contributed by atoms with van der Waals surface area (Å²) in [5, 5.41) is 5.45. The van der Waals surface area contributed by atoms with Crippen molar-refractivity contribution >= 4 is 57.6 Å². The Morgan fingerprint density at radius 1 is 0.727 bits per heavy atom. The molecule has 2 aliphatic carbocycles. The number of aromatic nitrogens is 2. The highest BCUT2D eigenvalue weighted by atomic mass is 16.7. The van der Waals surface area contributed by atoms with E-state index in [4.69, 9.17) is 24.0 Å². The van der Waals surface area contributed by atoms with Gasteiger partial charge in [0.1, 0.15) is 5.82 Å². The van der Waals surface area contributed by atoms with Crippen molar-refractivity contribution in [3.63, 3.8) is 0 Å². The van der Waals surface area contributed by atoms with Crippen LogP contribution in [0.15, 0.2) is 73.1 Å². The van der Waals surface area contributed by atoms with Gasteiger partial charge < -0.3 is 39.1 Å². The van der Waals surface area contributed by atoms with Gasteiger partial charge in [0.05, 0.1) is 79.5 Å². The minimum Gasteiger partial charge on any atom is -0.381 e. The molecule has 10 rings (SSSR count). The monoisotopic (exact) mass is 899 g/mol. The van der Waals surface area contributed by atoms with Crippen LogP contribution in [0.5, 0.6) is 0 Å². The topological polar surface area (TPSA) is 125 Å². The van der Waals surface area contributed by atoms with Gasteiger partial charge in [0.2, 0.25) is 11.8 Å². The fourth-order valence-electron chi connectivity index (χ4n) is 11.0. The average molecular weight is 899 g/mol. The molecule has 2 saturated carbocycles.